The largest absolute Gasteiger partial charge is 0.462 e. The van der Waals surface area contributed by atoms with Crippen LogP contribution in [0.25, 0.3) is 0 Å². The SMILES string of the molecule is CCOC(=O)c1cnn(Cc2ccc(OC(F)C(O)(O)C(F)F)cc2)c1. The molecule has 0 radical (unpaired) electrons. The van der Waals surface area contributed by atoms with Gasteiger partial charge in [-0.05, 0) is 24.6 Å². The third kappa shape index (κ3) is 4.73. The van der Waals surface area contributed by atoms with Crippen molar-refractivity contribution in [2.24, 2.45) is 0 Å². The molecule has 0 saturated heterocycles. The summed E-state index contributed by atoms with van der Waals surface area (Å²) in [5.41, 5.74) is 0.987. The number of halogens is 3. The van der Waals surface area contributed by atoms with E-state index >= 15 is 0 Å². The lowest BCUT2D eigenvalue weighted by Gasteiger charge is -2.24. The molecule has 0 fully saturated rings. The van der Waals surface area contributed by atoms with Gasteiger partial charge in [-0.1, -0.05) is 12.1 Å². The van der Waals surface area contributed by atoms with Crippen LogP contribution < -0.4 is 4.74 Å². The van der Waals surface area contributed by atoms with E-state index in [1.165, 1.54) is 41.3 Å². The number of ether oxygens (including phenoxy) is 2. The molecule has 26 heavy (non-hydrogen) atoms. The van der Waals surface area contributed by atoms with Crippen LogP contribution in [-0.2, 0) is 11.3 Å². The molecule has 0 spiro atoms. The summed E-state index contributed by atoms with van der Waals surface area (Å²) in [5.74, 6) is -4.56. The molecule has 2 rings (SSSR count). The zero-order valence-electron chi connectivity index (χ0n) is 13.7. The molecule has 1 aromatic carbocycles. The van der Waals surface area contributed by atoms with Crippen molar-refractivity contribution in [1.82, 2.24) is 9.78 Å². The average Bonchev–Trinajstić information content (AvgIpc) is 3.05. The number of nitrogens with zero attached hydrogens (tertiary/aromatic N) is 2. The Morgan fingerprint density at radius 2 is 1.92 bits per heavy atom. The van der Waals surface area contributed by atoms with Crippen molar-refractivity contribution < 1.29 is 37.7 Å². The number of alkyl halides is 3. The smallest absolute Gasteiger partial charge is 0.341 e. The highest BCUT2D eigenvalue weighted by molar-refractivity contribution is 5.88. The van der Waals surface area contributed by atoms with Crippen molar-refractivity contribution in [3.05, 3.63) is 47.8 Å². The maximum Gasteiger partial charge on any atom is 0.341 e. The van der Waals surface area contributed by atoms with Crippen molar-refractivity contribution in [2.75, 3.05) is 6.61 Å². The highest BCUT2D eigenvalue weighted by atomic mass is 19.3. The molecule has 0 amide bonds. The van der Waals surface area contributed by atoms with E-state index in [9.17, 15) is 18.0 Å². The first-order valence-corrected chi connectivity index (χ1v) is 7.56. The number of carbonyl (C=O) groups is 1. The van der Waals surface area contributed by atoms with Gasteiger partial charge < -0.3 is 19.7 Å². The molecule has 0 saturated carbocycles. The summed E-state index contributed by atoms with van der Waals surface area (Å²) in [6.45, 7) is 2.21. The molecule has 0 aliphatic carbocycles. The first-order valence-electron chi connectivity index (χ1n) is 7.56. The monoisotopic (exact) mass is 374 g/mol. The molecule has 1 unspecified atom stereocenters. The van der Waals surface area contributed by atoms with E-state index in [4.69, 9.17) is 14.9 Å². The Morgan fingerprint density at radius 3 is 2.50 bits per heavy atom. The van der Waals surface area contributed by atoms with Crippen LogP contribution in [0.3, 0.4) is 0 Å². The summed E-state index contributed by atoms with van der Waals surface area (Å²) in [7, 11) is 0. The minimum absolute atomic E-state index is 0.165. The summed E-state index contributed by atoms with van der Waals surface area (Å²) in [6.07, 6.45) is -3.90. The Hall–Kier alpha value is -2.59. The predicted octanol–water partition coefficient (Wildman–Crippen LogP) is 1.73. The van der Waals surface area contributed by atoms with Crippen molar-refractivity contribution in [2.45, 2.75) is 32.0 Å². The zero-order chi connectivity index (χ0) is 19.3. The molecule has 7 nitrogen and oxygen atoms in total. The second-order valence-electron chi connectivity index (χ2n) is 5.31. The minimum Gasteiger partial charge on any atom is -0.462 e. The van der Waals surface area contributed by atoms with Gasteiger partial charge in [0.1, 0.15) is 5.75 Å². The minimum atomic E-state index is -3.91. The van der Waals surface area contributed by atoms with E-state index in [1.54, 1.807) is 6.92 Å². The quantitative estimate of drug-likeness (QED) is 0.540. The maximum atomic E-state index is 13.4. The molecule has 10 heteroatoms. The Labute approximate surface area is 146 Å². The number of carbonyl (C=O) groups excluding carboxylic acids is 1. The van der Waals surface area contributed by atoms with E-state index in [1.807, 2.05) is 0 Å². The second kappa shape index (κ2) is 8.19. The first-order chi connectivity index (χ1) is 12.2. The third-order valence-electron chi connectivity index (χ3n) is 3.31. The number of rotatable bonds is 8. The molecular weight excluding hydrogens is 357 g/mol. The highest BCUT2D eigenvalue weighted by Gasteiger charge is 2.46. The first kappa shape index (κ1) is 19.7. The van der Waals surface area contributed by atoms with E-state index in [-0.39, 0.29) is 18.9 Å². The maximum absolute atomic E-state index is 13.4. The van der Waals surface area contributed by atoms with Crippen LogP contribution >= 0.6 is 0 Å². The van der Waals surface area contributed by atoms with Gasteiger partial charge in [-0.3, -0.25) is 4.68 Å². The van der Waals surface area contributed by atoms with Crippen molar-refractivity contribution in [1.29, 1.82) is 0 Å². The summed E-state index contributed by atoms with van der Waals surface area (Å²) >= 11 is 0. The lowest BCUT2D eigenvalue weighted by Crippen LogP contribution is -2.49. The van der Waals surface area contributed by atoms with Gasteiger partial charge in [0.2, 0.25) is 0 Å². The number of esters is 1. The fourth-order valence-electron chi connectivity index (χ4n) is 1.94. The molecule has 142 valence electrons. The number of hydrogen-bond donors (Lipinski definition) is 2. The lowest BCUT2D eigenvalue weighted by molar-refractivity contribution is -0.307. The van der Waals surface area contributed by atoms with Gasteiger partial charge in [0.25, 0.3) is 18.6 Å². The molecular formula is C16H17F3N2O5. The van der Waals surface area contributed by atoms with Crippen molar-refractivity contribution >= 4 is 5.97 Å². The van der Waals surface area contributed by atoms with Crippen LogP contribution in [0, 0.1) is 0 Å². The fourth-order valence-corrected chi connectivity index (χ4v) is 1.94. The number of benzene rings is 1. The van der Waals surface area contributed by atoms with Crippen LogP contribution in [0.4, 0.5) is 13.2 Å². The summed E-state index contributed by atoms with van der Waals surface area (Å²) in [4.78, 5) is 11.6. The fraction of sp³-hybridized carbons (Fsp3) is 0.375. The molecule has 2 aromatic rings. The van der Waals surface area contributed by atoms with E-state index in [0.717, 1.165) is 0 Å². The summed E-state index contributed by atoms with van der Waals surface area (Å²) in [6, 6.07) is 5.57. The third-order valence-corrected chi connectivity index (χ3v) is 3.31. The van der Waals surface area contributed by atoms with Crippen LogP contribution in [0.15, 0.2) is 36.7 Å². The van der Waals surface area contributed by atoms with Gasteiger partial charge >= 0.3 is 5.97 Å². The molecule has 2 N–H and O–H groups in total. The molecule has 0 bridgehead atoms. The Kier molecular flexibility index (Phi) is 6.22. The van der Waals surface area contributed by atoms with Gasteiger partial charge in [-0.25, -0.2) is 13.6 Å². The van der Waals surface area contributed by atoms with E-state index in [2.05, 4.69) is 9.84 Å². The van der Waals surface area contributed by atoms with Crippen LogP contribution in [0.2, 0.25) is 0 Å². The highest BCUT2D eigenvalue weighted by Crippen LogP contribution is 2.24. The molecule has 1 heterocycles. The Balaban J connectivity index is 1.98. The number of aliphatic hydroxyl groups is 2. The summed E-state index contributed by atoms with van der Waals surface area (Å²) in [5, 5.41) is 21.8. The second-order valence-corrected chi connectivity index (χ2v) is 5.31. The van der Waals surface area contributed by atoms with Crippen molar-refractivity contribution in [3.63, 3.8) is 0 Å². The lowest BCUT2D eigenvalue weighted by atomic mass is 10.2. The number of aromatic nitrogens is 2. The van der Waals surface area contributed by atoms with Gasteiger partial charge in [0, 0.05) is 6.20 Å². The molecule has 1 atom stereocenters. The predicted molar refractivity (Wildman–Crippen MR) is 82.4 cm³/mol. The summed E-state index contributed by atoms with van der Waals surface area (Å²) < 4.78 is 48.9. The van der Waals surface area contributed by atoms with Gasteiger partial charge in [-0.2, -0.15) is 9.49 Å². The molecule has 0 aliphatic rings. The van der Waals surface area contributed by atoms with Crippen LogP contribution in [0.1, 0.15) is 22.8 Å². The van der Waals surface area contributed by atoms with Crippen LogP contribution in [-0.4, -0.2) is 51.1 Å². The average molecular weight is 374 g/mol. The van der Waals surface area contributed by atoms with Gasteiger partial charge in [0.15, 0.2) is 0 Å². The Morgan fingerprint density at radius 1 is 1.27 bits per heavy atom. The normalized spacial score (nSPS) is 12.9. The topological polar surface area (TPSA) is 93.8 Å². The number of hydrogen-bond acceptors (Lipinski definition) is 6. The van der Waals surface area contributed by atoms with E-state index in [0.29, 0.717) is 11.1 Å². The van der Waals surface area contributed by atoms with Crippen LogP contribution in [0.5, 0.6) is 5.75 Å². The standard InChI is InChI=1S/C16H17F3N2O5/c1-2-25-13(22)11-7-20-21(9-11)8-10-3-5-12(6-4-10)26-15(19)16(23,24)14(17)18/h3-7,9,14-15,23-24H,2,8H2,1H3. The molecule has 0 aliphatic heterocycles. The van der Waals surface area contributed by atoms with E-state index < -0.39 is 24.5 Å². The molecule has 1 aromatic heterocycles. The van der Waals surface area contributed by atoms with Gasteiger partial charge in [0.05, 0.1) is 24.9 Å². The van der Waals surface area contributed by atoms with Crippen molar-refractivity contribution in [3.8, 4) is 5.75 Å². The van der Waals surface area contributed by atoms with Gasteiger partial charge in [-0.15, -0.1) is 0 Å². The zero-order valence-corrected chi connectivity index (χ0v) is 13.7. The Bertz CT molecular complexity index is 734.